The lowest BCUT2D eigenvalue weighted by atomic mass is 9.48. The molecule has 1 heterocycles. The highest BCUT2D eigenvalue weighted by molar-refractivity contribution is 9.10. The van der Waals surface area contributed by atoms with E-state index in [4.69, 9.17) is 16.5 Å². The van der Waals surface area contributed by atoms with E-state index in [0.29, 0.717) is 5.41 Å². The van der Waals surface area contributed by atoms with E-state index in [0.717, 1.165) is 23.5 Å². The number of hydrogen-bond donors (Lipinski definition) is 0. The largest absolute Gasteiger partial charge is 0.497 e. The molecular formula is C24H27OPS3. The summed E-state index contributed by atoms with van der Waals surface area (Å²) in [6, 6.07) is 20.0. The number of benzene rings is 2. The van der Waals surface area contributed by atoms with Crippen LogP contribution in [0.2, 0.25) is 0 Å². The Balaban J connectivity index is 1.41. The van der Waals surface area contributed by atoms with Crippen molar-refractivity contribution in [3.05, 3.63) is 60.2 Å². The maximum Gasteiger partial charge on any atom is 0.118 e. The molecular weight excluding hydrogens is 431 g/mol. The zero-order valence-corrected chi connectivity index (χ0v) is 20.1. The number of rotatable bonds is 4. The number of ether oxygens (including phenoxy) is 1. The molecule has 7 rings (SSSR count). The molecule has 4 aliphatic carbocycles. The summed E-state index contributed by atoms with van der Waals surface area (Å²) < 4.78 is 3.85. The first kappa shape index (κ1) is 19.3. The summed E-state index contributed by atoms with van der Waals surface area (Å²) in [5, 5.41) is 1.35. The molecule has 0 amide bonds. The molecule has 4 bridgehead atoms. The Morgan fingerprint density at radius 2 is 1.41 bits per heavy atom. The van der Waals surface area contributed by atoms with Gasteiger partial charge in [0.2, 0.25) is 0 Å². The average molecular weight is 459 g/mol. The molecule has 0 spiro atoms. The van der Waals surface area contributed by atoms with Crippen molar-refractivity contribution in [2.75, 3.05) is 7.11 Å². The van der Waals surface area contributed by atoms with E-state index in [1.165, 1.54) is 49.4 Å². The highest BCUT2D eigenvalue weighted by atomic mass is 33.3. The van der Waals surface area contributed by atoms with Gasteiger partial charge < -0.3 is 4.74 Å². The second-order valence-electron chi connectivity index (χ2n) is 9.56. The standard InChI is InChI=1S/C24H27OPS3/c1-25-21-7-9-22(10-8-21)26(27)28-24(29-26,20-5-3-2-4-6-20)23-14-17-11-18(15-23)13-19(12-17)16-23/h2-10,17-19H,11-16H2,1H3. The predicted octanol–water partition coefficient (Wildman–Crippen LogP) is 7.18. The Bertz CT molecular complexity index is 926. The molecule has 5 heteroatoms. The Morgan fingerprint density at radius 3 is 1.93 bits per heavy atom. The first-order valence-electron chi connectivity index (χ1n) is 10.8. The van der Waals surface area contributed by atoms with Crippen LogP contribution in [0.5, 0.6) is 5.75 Å². The zero-order chi connectivity index (χ0) is 19.7. The van der Waals surface area contributed by atoms with Gasteiger partial charge in [0.15, 0.2) is 0 Å². The minimum Gasteiger partial charge on any atom is -0.497 e. The van der Waals surface area contributed by atoms with E-state index in [9.17, 15) is 0 Å². The summed E-state index contributed by atoms with van der Waals surface area (Å²) >= 11 is 10.7. The monoisotopic (exact) mass is 458 g/mol. The SMILES string of the molecule is COc1ccc(P2(=S)SC(c3ccccc3)(C34CC5CC(CC(C5)C3)C4)S2)cc1. The minimum absolute atomic E-state index is 0.153. The summed E-state index contributed by atoms with van der Waals surface area (Å²) in [5.41, 5.74) is 1.96. The van der Waals surface area contributed by atoms with Crippen molar-refractivity contribution in [2.24, 2.45) is 23.2 Å². The maximum atomic E-state index is 6.38. The summed E-state index contributed by atoms with van der Waals surface area (Å²) in [6.07, 6.45) is 8.74. The summed E-state index contributed by atoms with van der Waals surface area (Å²) in [4.78, 5) is 0. The van der Waals surface area contributed by atoms with Gasteiger partial charge in [-0.1, -0.05) is 64.9 Å². The molecule has 0 aromatic heterocycles. The molecule has 29 heavy (non-hydrogen) atoms. The van der Waals surface area contributed by atoms with E-state index >= 15 is 0 Å². The Hall–Kier alpha value is -0.410. The van der Waals surface area contributed by atoms with Gasteiger partial charge in [-0.05, 0) is 91.5 Å². The molecule has 2 aromatic carbocycles. The van der Waals surface area contributed by atoms with E-state index in [1.54, 1.807) is 7.11 Å². The molecule has 0 unspecified atom stereocenters. The third kappa shape index (κ3) is 2.85. The zero-order valence-electron chi connectivity index (χ0n) is 16.8. The average Bonchev–Trinajstić information content (AvgIpc) is 2.71. The molecule has 2 aromatic rings. The van der Waals surface area contributed by atoms with Gasteiger partial charge in [-0.2, -0.15) is 0 Å². The first-order chi connectivity index (χ1) is 14.0. The van der Waals surface area contributed by atoms with Gasteiger partial charge in [0.25, 0.3) is 0 Å². The van der Waals surface area contributed by atoms with Crippen molar-refractivity contribution in [2.45, 2.75) is 42.6 Å². The molecule has 0 N–H and O–H groups in total. The lowest BCUT2D eigenvalue weighted by Gasteiger charge is -2.67. The van der Waals surface area contributed by atoms with Gasteiger partial charge in [-0.3, -0.25) is 0 Å². The van der Waals surface area contributed by atoms with Crippen molar-refractivity contribution in [1.29, 1.82) is 0 Å². The molecule has 5 fully saturated rings. The highest BCUT2D eigenvalue weighted by Gasteiger charge is 2.68. The quantitative estimate of drug-likeness (QED) is 0.449. The van der Waals surface area contributed by atoms with Crippen molar-refractivity contribution in [1.82, 2.24) is 0 Å². The fourth-order valence-electron chi connectivity index (χ4n) is 6.99. The number of methoxy groups -OCH3 is 1. The smallest absolute Gasteiger partial charge is 0.118 e. The van der Waals surface area contributed by atoms with Crippen LogP contribution in [-0.2, 0) is 15.9 Å². The fraction of sp³-hybridized carbons (Fsp3) is 0.500. The van der Waals surface area contributed by atoms with Crippen LogP contribution >= 0.6 is 27.2 Å². The van der Waals surface area contributed by atoms with Crippen LogP contribution in [0, 0.1) is 23.2 Å². The molecule has 5 aliphatic rings. The third-order valence-electron chi connectivity index (χ3n) is 7.78. The van der Waals surface area contributed by atoms with Crippen LogP contribution < -0.4 is 10.0 Å². The molecule has 1 aliphatic heterocycles. The van der Waals surface area contributed by atoms with E-state index < -0.39 is 4.44 Å². The molecule has 1 saturated heterocycles. The van der Waals surface area contributed by atoms with Gasteiger partial charge >= 0.3 is 0 Å². The molecule has 152 valence electrons. The first-order valence-corrected chi connectivity index (χ1v) is 16.4. The molecule has 0 atom stereocenters. The lowest BCUT2D eigenvalue weighted by Crippen LogP contribution is -2.55. The predicted molar refractivity (Wildman–Crippen MR) is 131 cm³/mol. The fourth-order valence-corrected chi connectivity index (χ4v) is 21.6. The van der Waals surface area contributed by atoms with Crippen LogP contribution in [0.25, 0.3) is 0 Å². The normalized spacial score (nSPS) is 42.4. The van der Waals surface area contributed by atoms with E-state index in [1.807, 2.05) is 0 Å². The second-order valence-corrected chi connectivity index (χ2v) is 21.0. The highest BCUT2D eigenvalue weighted by Crippen LogP contribution is 2.95. The maximum absolute atomic E-state index is 6.38. The van der Waals surface area contributed by atoms with Gasteiger partial charge in [0, 0.05) is 5.30 Å². The second kappa shape index (κ2) is 6.79. The van der Waals surface area contributed by atoms with Gasteiger partial charge in [-0.25, -0.2) is 0 Å². The molecule has 1 nitrogen and oxygen atoms in total. The van der Waals surface area contributed by atoms with Gasteiger partial charge in [0.1, 0.15) is 9.83 Å². The number of hydrogen-bond acceptors (Lipinski definition) is 4. The Kier molecular flexibility index (Phi) is 4.52. The van der Waals surface area contributed by atoms with Crippen LogP contribution in [-0.4, -0.2) is 7.11 Å². The molecule has 0 radical (unpaired) electrons. The van der Waals surface area contributed by atoms with Crippen LogP contribution in [0.15, 0.2) is 54.6 Å². The summed E-state index contributed by atoms with van der Waals surface area (Å²) in [7, 11) is 1.73. The Labute approximate surface area is 187 Å². The molecule has 4 saturated carbocycles. The van der Waals surface area contributed by atoms with Crippen molar-refractivity contribution in [3.8, 4) is 5.75 Å². The van der Waals surface area contributed by atoms with Crippen LogP contribution in [0.4, 0.5) is 0 Å². The topological polar surface area (TPSA) is 9.23 Å². The van der Waals surface area contributed by atoms with Crippen molar-refractivity contribution < 1.29 is 4.74 Å². The summed E-state index contributed by atoms with van der Waals surface area (Å²) in [5.74, 6) is 3.80. The summed E-state index contributed by atoms with van der Waals surface area (Å²) in [6.45, 7) is 0. The van der Waals surface area contributed by atoms with E-state index in [-0.39, 0.29) is 4.08 Å². The van der Waals surface area contributed by atoms with Crippen molar-refractivity contribution >= 4 is 44.3 Å². The van der Waals surface area contributed by atoms with Crippen LogP contribution in [0.3, 0.4) is 0 Å². The van der Waals surface area contributed by atoms with Gasteiger partial charge in [0.05, 0.1) is 11.6 Å². The Morgan fingerprint density at radius 1 is 0.862 bits per heavy atom. The minimum atomic E-state index is -1.67. The third-order valence-corrected chi connectivity index (χ3v) is 19.9. The van der Waals surface area contributed by atoms with E-state index in [2.05, 4.69) is 77.4 Å². The van der Waals surface area contributed by atoms with Gasteiger partial charge in [-0.15, -0.1) is 0 Å². The van der Waals surface area contributed by atoms with Crippen LogP contribution in [0.1, 0.15) is 44.1 Å². The lowest BCUT2D eigenvalue weighted by molar-refractivity contribution is -0.0600. The van der Waals surface area contributed by atoms with Crippen molar-refractivity contribution in [3.63, 3.8) is 0 Å².